The first kappa shape index (κ1) is 18.0. The van der Waals surface area contributed by atoms with Gasteiger partial charge in [0.2, 0.25) is 0 Å². The van der Waals surface area contributed by atoms with Crippen molar-refractivity contribution in [3.63, 3.8) is 0 Å². The zero-order valence-electron chi connectivity index (χ0n) is 14.4. The number of benzene rings is 2. The Labute approximate surface area is 155 Å². The van der Waals surface area contributed by atoms with E-state index in [1.807, 2.05) is 38.1 Å². The summed E-state index contributed by atoms with van der Waals surface area (Å²) in [5.41, 5.74) is 3.51. The monoisotopic (exact) mass is 370 g/mol. The molecule has 0 atom stereocenters. The summed E-state index contributed by atoms with van der Waals surface area (Å²) < 4.78 is 11.2. The maximum Gasteiger partial charge on any atom is 0.335 e. The minimum Gasteiger partial charge on any atom is -0.484 e. The van der Waals surface area contributed by atoms with E-state index in [0.29, 0.717) is 16.9 Å². The highest BCUT2D eigenvalue weighted by atomic mass is 32.2. The first-order valence-corrected chi connectivity index (χ1v) is 8.97. The summed E-state index contributed by atoms with van der Waals surface area (Å²) in [6.45, 7) is 4.28. The van der Waals surface area contributed by atoms with Gasteiger partial charge < -0.3 is 14.3 Å². The molecule has 0 fully saturated rings. The quantitative estimate of drug-likeness (QED) is 0.622. The molecule has 7 heteroatoms. The van der Waals surface area contributed by atoms with Crippen LogP contribution in [0.2, 0.25) is 0 Å². The van der Waals surface area contributed by atoms with Crippen molar-refractivity contribution in [3.05, 3.63) is 70.6 Å². The molecule has 0 aliphatic rings. The number of thioether (sulfide) groups is 1. The number of aromatic nitrogens is 2. The number of carboxylic acid groups (broad SMARTS) is 1. The van der Waals surface area contributed by atoms with Gasteiger partial charge in [0.05, 0.1) is 5.56 Å². The third-order valence-electron chi connectivity index (χ3n) is 3.83. The van der Waals surface area contributed by atoms with Crippen LogP contribution in [-0.2, 0) is 12.4 Å². The highest BCUT2D eigenvalue weighted by molar-refractivity contribution is 7.98. The van der Waals surface area contributed by atoms with Crippen LogP contribution in [-0.4, -0.2) is 21.3 Å². The molecule has 0 radical (unpaired) electrons. The van der Waals surface area contributed by atoms with Crippen LogP contribution in [0.4, 0.5) is 0 Å². The Bertz CT molecular complexity index is 923. The second kappa shape index (κ2) is 8.05. The van der Waals surface area contributed by atoms with Crippen molar-refractivity contribution in [1.29, 1.82) is 0 Å². The average molecular weight is 370 g/mol. The van der Waals surface area contributed by atoms with Crippen molar-refractivity contribution < 1.29 is 19.1 Å². The summed E-state index contributed by atoms with van der Waals surface area (Å²) in [5, 5.41) is 17.4. The van der Waals surface area contributed by atoms with Crippen LogP contribution in [0.1, 0.15) is 32.9 Å². The van der Waals surface area contributed by atoms with Crippen LogP contribution in [0.15, 0.2) is 52.1 Å². The van der Waals surface area contributed by atoms with Gasteiger partial charge in [0.25, 0.3) is 11.1 Å². The first-order chi connectivity index (χ1) is 12.5. The van der Waals surface area contributed by atoms with Crippen molar-refractivity contribution in [2.24, 2.45) is 0 Å². The van der Waals surface area contributed by atoms with E-state index in [1.165, 1.54) is 17.3 Å². The summed E-state index contributed by atoms with van der Waals surface area (Å²) in [6, 6.07) is 12.7. The third-order valence-corrected chi connectivity index (χ3v) is 4.71. The molecule has 134 valence electrons. The number of hydrogen-bond donors (Lipinski definition) is 1. The fraction of sp³-hybridized carbons (Fsp3) is 0.211. The van der Waals surface area contributed by atoms with E-state index in [1.54, 1.807) is 18.2 Å². The lowest BCUT2D eigenvalue weighted by atomic mass is 10.1. The predicted molar refractivity (Wildman–Crippen MR) is 97.5 cm³/mol. The van der Waals surface area contributed by atoms with Crippen molar-refractivity contribution >= 4 is 17.7 Å². The summed E-state index contributed by atoms with van der Waals surface area (Å²) in [6.07, 6.45) is 0. The second-order valence-electron chi connectivity index (χ2n) is 5.79. The summed E-state index contributed by atoms with van der Waals surface area (Å²) >= 11 is 1.35. The van der Waals surface area contributed by atoms with E-state index in [4.69, 9.17) is 14.3 Å². The molecule has 1 N–H and O–H groups in total. The standard InChI is InChI=1S/C19H18N2O4S/c1-12-6-7-16(8-13(12)2)24-10-17-20-21-19(25-17)26-11-14-4-3-5-15(9-14)18(22)23/h3-9H,10-11H2,1-2H3,(H,22,23). The number of aryl methyl sites for hydroxylation is 2. The van der Waals surface area contributed by atoms with Crippen LogP contribution in [0.5, 0.6) is 5.75 Å². The fourth-order valence-corrected chi connectivity index (χ4v) is 2.97. The zero-order valence-corrected chi connectivity index (χ0v) is 15.2. The van der Waals surface area contributed by atoms with Gasteiger partial charge in [-0.2, -0.15) is 0 Å². The molecule has 0 saturated carbocycles. The number of nitrogens with zero attached hydrogens (tertiary/aromatic N) is 2. The van der Waals surface area contributed by atoms with Crippen LogP contribution in [0.25, 0.3) is 0 Å². The van der Waals surface area contributed by atoms with Gasteiger partial charge >= 0.3 is 5.97 Å². The number of hydrogen-bond acceptors (Lipinski definition) is 6. The summed E-state index contributed by atoms with van der Waals surface area (Å²) in [5.74, 6) is 0.747. The minimum absolute atomic E-state index is 0.199. The molecule has 0 unspecified atom stereocenters. The van der Waals surface area contributed by atoms with Gasteiger partial charge in [0.15, 0.2) is 6.61 Å². The van der Waals surface area contributed by atoms with E-state index >= 15 is 0 Å². The highest BCUT2D eigenvalue weighted by Crippen LogP contribution is 2.23. The Morgan fingerprint density at radius 1 is 1.15 bits per heavy atom. The Morgan fingerprint density at radius 2 is 2.00 bits per heavy atom. The molecular weight excluding hydrogens is 352 g/mol. The molecule has 3 aromatic rings. The molecule has 6 nitrogen and oxygen atoms in total. The molecule has 26 heavy (non-hydrogen) atoms. The third kappa shape index (κ3) is 4.64. The van der Waals surface area contributed by atoms with Gasteiger partial charge in [-0.05, 0) is 54.8 Å². The van der Waals surface area contributed by atoms with E-state index in [2.05, 4.69) is 10.2 Å². The number of ether oxygens (including phenoxy) is 1. The summed E-state index contributed by atoms with van der Waals surface area (Å²) in [7, 11) is 0. The van der Waals surface area contributed by atoms with E-state index in [-0.39, 0.29) is 12.2 Å². The normalized spacial score (nSPS) is 10.7. The van der Waals surface area contributed by atoms with Gasteiger partial charge in [-0.1, -0.05) is 30.0 Å². The minimum atomic E-state index is -0.944. The van der Waals surface area contributed by atoms with Crippen LogP contribution >= 0.6 is 11.8 Å². The molecule has 3 rings (SSSR count). The van der Waals surface area contributed by atoms with Crippen LogP contribution in [0, 0.1) is 13.8 Å². The number of carbonyl (C=O) groups is 1. The Kier molecular flexibility index (Phi) is 5.58. The van der Waals surface area contributed by atoms with Gasteiger partial charge in [-0.25, -0.2) is 4.79 Å². The van der Waals surface area contributed by atoms with Gasteiger partial charge in [-0.3, -0.25) is 0 Å². The lowest BCUT2D eigenvalue weighted by molar-refractivity contribution is 0.0696. The molecule has 0 aliphatic heterocycles. The number of rotatable bonds is 7. The lowest BCUT2D eigenvalue weighted by Gasteiger charge is -2.05. The fourth-order valence-electron chi connectivity index (χ4n) is 2.24. The average Bonchev–Trinajstić information content (AvgIpc) is 3.09. The van der Waals surface area contributed by atoms with Crippen LogP contribution in [0.3, 0.4) is 0 Å². The van der Waals surface area contributed by atoms with Gasteiger partial charge in [0, 0.05) is 5.75 Å². The van der Waals surface area contributed by atoms with E-state index in [0.717, 1.165) is 16.9 Å². The van der Waals surface area contributed by atoms with Crippen molar-refractivity contribution in [2.75, 3.05) is 0 Å². The largest absolute Gasteiger partial charge is 0.484 e. The molecule has 1 heterocycles. The maximum atomic E-state index is 11.0. The maximum absolute atomic E-state index is 11.0. The Morgan fingerprint density at radius 3 is 2.77 bits per heavy atom. The first-order valence-electron chi connectivity index (χ1n) is 7.99. The molecule has 0 amide bonds. The topological polar surface area (TPSA) is 85.5 Å². The van der Waals surface area contributed by atoms with Crippen LogP contribution < -0.4 is 4.74 Å². The van der Waals surface area contributed by atoms with Crippen molar-refractivity contribution in [1.82, 2.24) is 10.2 Å². The van der Waals surface area contributed by atoms with Gasteiger partial charge in [-0.15, -0.1) is 10.2 Å². The number of aromatic carboxylic acids is 1. The Hall–Kier alpha value is -2.80. The van der Waals surface area contributed by atoms with E-state index in [9.17, 15) is 4.79 Å². The molecule has 0 spiro atoms. The molecule has 1 aromatic heterocycles. The van der Waals surface area contributed by atoms with Crippen molar-refractivity contribution in [3.8, 4) is 5.75 Å². The van der Waals surface area contributed by atoms with Crippen molar-refractivity contribution in [2.45, 2.75) is 31.4 Å². The highest BCUT2D eigenvalue weighted by Gasteiger charge is 2.09. The Balaban J connectivity index is 1.55. The zero-order chi connectivity index (χ0) is 18.5. The van der Waals surface area contributed by atoms with Gasteiger partial charge in [0.1, 0.15) is 5.75 Å². The van der Waals surface area contributed by atoms with E-state index < -0.39 is 5.97 Å². The number of carboxylic acids is 1. The molecule has 0 bridgehead atoms. The smallest absolute Gasteiger partial charge is 0.335 e. The lowest BCUT2D eigenvalue weighted by Crippen LogP contribution is -1.96. The molecule has 0 saturated heterocycles. The predicted octanol–water partition coefficient (Wildman–Crippen LogP) is 4.26. The molecule has 2 aromatic carbocycles. The molecular formula is C19H18N2O4S. The SMILES string of the molecule is Cc1ccc(OCc2nnc(SCc3cccc(C(=O)O)c3)o2)cc1C. The second-order valence-corrected chi connectivity index (χ2v) is 6.72. The summed E-state index contributed by atoms with van der Waals surface area (Å²) in [4.78, 5) is 11.0. The molecule has 0 aliphatic carbocycles.